The van der Waals surface area contributed by atoms with Crippen LogP contribution in [-0.2, 0) is 17.5 Å². The summed E-state index contributed by atoms with van der Waals surface area (Å²) < 4.78 is 49.8. The van der Waals surface area contributed by atoms with Crippen LogP contribution in [0.15, 0.2) is 23.2 Å². The van der Waals surface area contributed by atoms with Crippen LogP contribution in [0, 0.1) is 0 Å². The third-order valence-corrected chi connectivity index (χ3v) is 3.61. The molecule has 1 rings (SSSR count). The second-order valence-electron chi connectivity index (χ2n) is 7.16. The van der Waals surface area contributed by atoms with Gasteiger partial charge in [-0.3, -0.25) is 4.99 Å². The van der Waals surface area contributed by atoms with Gasteiger partial charge < -0.3 is 25.4 Å². The number of hydrogen-bond donors (Lipinski definition) is 3. The van der Waals surface area contributed by atoms with Crippen molar-refractivity contribution in [3.8, 4) is 5.75 Å². The standard InChI is InChI=1S/C19H29F3N4O3/c1-18(2,3)29-17(27)25-10-6-9-24-16(23-4)26-12-13-7-8-14(28-5)11-15(13)19(20,21)22/h7-8,11H,6,9-10,12H2,1-5H3,(H,25,27)(H2,23,24,26). The number of halogens is 3. The smallest absolute Gasteiger partial charge is 0.416 e. The van der Waals surface area contributed by atoms with Gasteiger partial charge in [-0.1, -0.05) is 6.07 Å². The zero-order valence-electron chi connectivity index (χ0n) is 17.4. The summed E-state index contributed by atoms with van der Waals surface area (Å²) in [5.41, 5.74) is -1.25. The summed E-state index contributed by atoms with van der Waals surface area (Å²) in [7, 11) is 2.84. The van der Waals surface area contributed by atoms with Crippen LogP contribution in [-0.4, -0.2) is 44.9 Å². The Morgan fingerprint density at radius 3 is 2.31 bits per heavy atom. The summed E-state index contributed by atoms with van der Waals surface area (Å²) in [6.07, 6.45) is -4.41. The van der Waals surface area contributed by atoms with E-state index in [1.165, 1.54) is 26.3 Å². The number of amides is 1. The summed E-state index contributed by atoms with van der Waals surface area (Å²) in [6.45, 7) is 6.11. The Morgan fingerprint density at radius 2 is 1.76 bits per heavy atom. The van der Waals surface area contributed by atoms with Gasteiger partial charge in [0.15, 0.2) is 5.96 Å². The Labute approximate surface area is 169 Å². The van der Waals surface area contributed by atoms with Crippen LogP contribution in [0.4, 0.5) is 18.0 Å². The Hall–Kier alpha value is -2.65. The van der Waals surface area contributed by atoms with E-state index in [1.807, 2.05) is 0 Å². The summed E-state index contributed by atoms with van der Waals surface area (Å²) >= 11 is 0. The van der Waals surface area contributed by atoms with Crippen LogP contribution in [0.3, 0.4) is 0 Å². The lowest BCUT2D eigenvalue weighted by atomic mass is 10.1. The molecule has 0 aliphatic rings. The lowest BCUT2D eigenvalue weighted by Gasteiger charge is -2.19. The fourth-order valence-corrected chi connectivity index (χ4v) is 2.30. The number of benzene rings is 1. The molecule has 0 saturated heterocycles. The van der Waals surface area contributed by atoms with Crippen molar-refractivity contribution in [2.24, 2.45) is 4.99 Å². The molecule has 1 aromatic rings. The Morgan fingerprint density at radius 1 is 1.10 bits per heavy atom. The molecule has 0 atom stereocenters. The number of ether oxygens (including phenoxy) is 2. The highest BCUT2D eigenvalue weighted by Crippen LogP contribution is 2.34. The van der Waals surface area contributed by atoms with Crippen molar-refractivity contribution in [3.63, 3.8) is 0 Å². The van der Waals surface area contributed by atoms with Gasteiger partial charge in [-0.25, -0.2) is 4.79 Å². The molecule has 3 N–H and O–H groups in total. The zero-order valence-corrected chi connectivity index (χ0v) is 17.4. The number of aliphatic imine (C=N–C) groups is 1. The lowest BCUT2D eigenvalue weighted by Crippen LogP contribution is -2.39. The van der Waals surface area contributed by atoms with E-state index in [0.717, 1.165) is 6.07 Å². The van der Waals surface area contributed by atoms with E-state index in [-0.39, 0.29) is 17.9 Å². The van der Waals surface area contributed by atoms with E-state index in [9.17, 15) is 18.0 Å². The van der Waals surface area contributed by atoms with Gasteiger partial charge in [-0.05, 0) is 44.9 Å². The van der Waals surface area contributed by atoms with E-state index in [1.54, 1.807) is 20.8 Å². The highest BCUT2D eigenvalue weighted by atomic mass is 19.4. The number of alkyl halides is 3. The maximum absolute atomic E-state index is 13.3. The van der Waals surface area contributed by atoms with Gasteiger partial charge in [0.05, 0.1) is 12.7 Å². The van der Waals surface area contributed by atoms with Crippen LogP contribution in [0.2, 0.25) is 0 Å². The fourth-order valence-electron chi connectivity index (χ4n) is 2.30. The molecule has 1 aromatic carbocycles. The highest BCUT2D eigenvalue weighted by molar-refractivity contribution is 5.79. The lowest BCUT2D eigenvalue weighted by molar-refractivity contribution is -0.138. The average Bonchev–Trinajstić information content (AvgIpc) is 2.61. The summed E-state index contributed by atoms with van der Waals surface area (Å²) in [6, 6.07) is 3.81. The van der Waals surface area contributed by atoms with Crippen LogP contribution in [0.25, 0.3) is 0 Å². The molecule has 0 radical (unpaired) electrons. The van der Waals surface area contributed by atoms with Crippen LogP contribution in [0.5, 0.6) is 5.75 Å². The van der Waals surface area contributed by atoms with E-state index in [4.69, 9.17) is 9.47 Å². The van der Waals surface area contributed by atoms with Gasteiger partial charge >= 0.3 is 12.3 Å². The number of nitrogens with one attached hydrogen (secondary N) is 3. The Bertz CT molecular complexity index is 701. The molecular formula is C19H29F3N4O3. The fraction of sp³-hybridized carbons (Fsp3) is 0.579. The van der Waals surface area contributed by atoms with Crippen LogP contribution in [0.1, 0.15) is 38.3 Å². The van der Waals surface area contributed by atoms with Gasteiger partial charge in [-0.15, -0.1) is 0 Å². The maximum Gasteiger partial charge on any atom is 0.416 e. The quantitative estimate of drug-likeness (QED) is 0.360. The SMILES string of the molecule is CN=C(NCCCNC(=O)OC(C)(C)C)NCc1ccc(OC)cc1C(F)(F)F. The first-order valence-corrected chi connectivity index (χ1v) is 9.11. The molecule has 10 heteroatoms. The normalized spacial score (nSPS) is 12.3. The predicted molar refractivity (Wildman–Crippen MR) is 105 cm³/mol. The van der Waals surface area contributed by atoms with E-state index >= 15 is 0 Å². The van der Waals surface area contributed by atoms with Crippen LogP contribution >= 0.6 is 0 Å². The maximum atomic E-state index is 13.3. The van der Waals surface area contributed by atoms with Crippen molar-refractivity contribution < 1.29 is 27.4 Å². The number of carbonyl (C=O) groups excluding carboxylic acids is 1. The predicted octanol–water partition coefficient (Wildman–Crippen LogP) is 3.29. The van der Waals surface area contributed by atoms with Gasteiger partial charge in [0.2, 0.25) is 0 Å². The zero-order chi connectivity index (χ0) is 22.1. The molecule has 1 amide bonds. The molecule has 0 spiro atoms. The molecule has 0 heterocycles. The molecule has 0 saturated carbocycles. The van der Waals surface area contributed by atoms with Crippen molar-refractivity contribution in [3.05, 3.63) is 29.3 Å². The molecule has 0 unspecified atom stereocenters. The van der Waals surface area contributed by atoms with Crippen LogP contribution < -0.4 is 20.7 Å². The van der Waals surface area contributed by atoms with Crippen molar-refractivity contribution in [1.82, 2.24) is 16.0 Å². The second kappa shape index (κ2) is 10.8. The number of hydrogen-bond acceptors (Lipinski definition) is 4. The number of carbonyl (C=O) groups is 1. The molecule has 7 nitrogen and oxygen atoms in total. The number of guanidine groups is 1. The minimum atomic E-state index is -4.49. The number of methoxy groups -OCH3 is 1. The molecule has 29 heavy (non-hydrogen) atoms. The number of nitrogens with zero attached hydrogens (tertiary/aromatic N) is 1. The monoisotopic (exact) mass is 418 g/mol. The molecule has 0 aromatic heterocycles. The first-order chi connectivity index (χ1) is 13.5. The third-order valence-electron chi connectivity index (χ3n) is 3.61. The van der Waals surface area contributed by atoms with Gasteiger partial charge in [0, 0.05) is 26.7 Å². The minimum absolute atomic E-state index is 0.0608. The molecule has 0 aliphatic heterocycles. The minimum Gasteiger partial charge on any atom is -0.497 e. The average molecular weight is 418 g/mol. The van der Waals surface area contributed by atoms with E-state index in [2.05, 4.69) is 20.9 Å². The molecule has 0 fully saturated rings. The largest absolute Gasteiger partial charge is 0.497 e. The Balaban J connectivity index is 2.49. The molecule has 0 bridgehead atoms. The van der Waals surface area contributed by atoms with E-state index in [0.29, 0.717) is 25.5 Å². The first kappa shape index (κ1) is 24.4. The second-order valence-corrected chi connectivity index (χ2v) is 7.16. The third kappa shape index (κ3) is 9.40. The van der Waals surface area contributed by atoms with Gasteiger partial charge in [0.25, 0.3) is 0 Å². The summed E-state index contributed by atoms with van der Waals surface area (Å²) in [5, 5.41) is 8.46. The van der Waals surface area contributed by atoms with Crippen molar-refractivity contribution >= 4 is 12.1 Å². The molecule has 164 valence electrons. The summed E-state index contributed by atoms with van der Waals surface area (Å²) in [5.74, 6) is 0.493. The number of rotatable bonds is 7. The topological polar surface area (TPSA) is 84.0 Å². The van der Waals surface area contributed by atoms with E-state index < -0.39 is 23.4 Å². The van der Waals surface area contributed by atoms with Gasteiger partial charge in [0.1, 0.15) is 11.4 Å². The number of alkyl carbamates (subject to hydrolysis) is 1. The van der Waals surface area contributed by atoms with Gasteiger partial charge in [-0.2, -0.15) is 13.2 Å². The van der Waals surface area contributed by atoms with Crippen molar-refractivity contribution in [2.75, 3.05) is 27.2 Å². The van der Waals surface area contributed by atoms with Crippen molar-refractivity contribution in [2.45, 2.75) is 45.5 Å². The first-order valence-electron chi connectivity index (χ1n) is 9.11. The molecule has 0 aliphatic carbocycles. The summed E-state index contributed by atoms with van der Waals surface area (Å²) in [4.78, 5) is 15.5. The van der Waals surface area contributed by atoms with Crippen molar-refractivity contribution in [1.29, 1.82) is 0 Å². The highest BCUT2D eigenvalue weighted by Gasteiger charge is 2.33. The Kier molecular flexibility index (Phi) is 9.06. The molecular weight excluding hydrogens is 389 g/mol.